The lowest BCUT2D eigenvalue weighted by Gasteiger charge is -2.14. The number of rotatable bonds is 9. The van der Waals surface area contributed by atoms with E-state index in [1.807, 2.05) is 28.8 Å². The third-order valence-corrected chi connectivity index (χ3v) is 5.83. The van der Waals surface area contributed by atoms with Crippen LogP contribution in [0.5, 0.6) is 0 Å². The molecule has 0 aliphatic heterocycles. The summed E-state index contributed by atoms with van der Waals surface area (Å²) in [6, 6.07) is 10.8. The Bertz CT molecular complexity index is 997. The molecule has 2 heterocycles. The predicted molar refractivity (Wildman–Crippen MR) is 120 cm³/mol. The number of hydrogen-bond donors (Lipinski definition) is 1. The summed E-state index contributed by atoms with van der Waals surface area (Å²) >= 11 is 13.5. The topological polar surface area (TPSA) is 81.9 Å². The molecule has 0 fully saturated rings. The van der Waals surface area contributed by atoms with E-state index in [9.17, 15) is 4.79 Å². The van der Waals surface area contributed by atoms with Gasteiger partial charge < -0.3 is 14.6 Å². The van der Waals surface area contributed by atoms with Crippen molar-refractivity contribution in [2.45, 2.75) is 30.3 Å². The number of ether oxygens (including phenoxy) is 1. The molecule has 1 amide bonds. The first kappa shape index (κ1) is 22.6. The minimum absolute atomic E-state index is 0.194. The molecule has 0 saturated carbocycles. The van der Waals surface area contributed by atoms with Crippen molar-refractivity contribution in [1.29, 1.82) is 0 Å². The largest absolute Gasteiger partial charge is 0.385 e. The van der Waals surface area contributed by atoms with Crippen molar-refractivity contribution in [2.24, 2.45) is 0 Å². The highest BCUT2D eigenvalue weighted by Gasteiger charge is 2.22. The number of amides is 1. The molecule has 1 aromatic carbocycles. The number of nitrogens with one attached hydrogen (secondary N) is 1. The zero-order chi connectivity index (χ0) is 21.5. The van der Waals surface area contributed by atoms with Crippen molar-refractivity contribution in [2.75, 3.05) is 19.0 Å². The maximum Gasteiger partial charge on any atom is 0.238 e. The van der Waals surface area contributed by atoms with Gasteiger partial charge in [0.2, 0.25) is 5.91 Å². The number of hydrogen-bond acceptors (Lipinski definition) is 6. The molecule has 0 aliphatic rings. The zero-order valence-electron chi connectivity index (χ0n) is 16.5. The fraction of sp³-hybridized carbons (Fsp3) is 0.300. The van der Waals surface area contributed by atoms with Gasteiger partial charge in [0.05, 0.1) is 15.3 Å². The van der Waals surface area contributed by atoms with E-state index in [0.717, 1.165) is 12.0 Å². The molecule has 0 saturated heterocycles. The third-order valence-electron chi connectivity index (χ3n) is 4.19. The number of benzene rings is 1. The molecule has 1 unspecified atom stereocenters. The van der Waals surface area contributed by atoms with Crippen molar-refractivity contribution in [1.82, 2.24) is 19.7 Å². The number of pyridine rings is 1. The maximum atomic E-state index is 12.6. The predicted octanol–water partition coefficient (Wildman–Crippen LogP) is 4.80. The Morgan fingerprint density at radius 2 is 2.03 bits per heavy atom. The van der Waals surface area contributed by atoms with Gasteiger partial charge in [-0.2, -0.15) is 0 Å². The molecule has 3 aromatic rings. The Labute approximate surface area is 189 Å². The van der Waals surface area contributed by atoms with Crippen molar-refractivity contribution in [3.63, 3.8) is 0 Å². The SMILES string of the molecule is COCCCn1c(SC(C)C(=O)Nc2ccc(Cl)cn2)nnc1-c1ccccc1Cl. The van der Waals surface area contributed by atoms with Gasteiger partial charge in [0.1, 0.15) is 5.82 Å². The third kappa shape index (κ3) is 5.72. The van der Waals surface area contributed by atoms with Crippen LogP contribution in [0.2, 0.25) is 10.0 Å². The molecule has 30 heavy (non-hydrogen) atoms. The van der Waals surface area contributed by atoms with Crippen molar-refractivity contribution in [3.05, 3.63) is 52.6 Å². The number of thioether (sulfide) groups is 1. The first-order valence-electron chi connectivity index (χ1n) is 9.25. The first-order chi connectivity index (χ1) is 14.5. The molecule has 7 nitrogen and oxygen atoms in total. The monoisotopic (exact) mass is 465 g/mol. The van der Waals surface area contributed by atoms with E-state index in [1.54, 1.807) is 26.2 Å². The molecule has 1 N–H and O–H groups in total. The molecular weight excluding hydrogens is 445 g/mol. The summed E-state index contributed by atoms with van der Waals surface area (Å²) in [7, 11) is 1.66. The molecule has 1 atom stereocenters. The van der Waals surface area contributed by atoms with E-state index in [2.05, 4.69) is 20.5 Å². The van der Waals surface area contributed by atoms with Gasteiger partial charge in [-0.1, -0.05) is 47.1 Å². The molecule has 0 aliphatic carbocycles. The van der Waals surface area contributed by atoms with Crippen LogP contribution in [-0.2, 0) is 16.1 Å². The lowest BCUT2D eigenvalue weighted by Crippen LogP contribution is -2.23. The summed E-state index contributed by atoms with van der Waals surface area (Å²) < 4.78 is 7.14. The van der Waals surface area contributed by atoms with Gasteiger partial charge in [0, 0.05) is 32.0 Å². The minimum atomic E-state index is -0.424. The quantitative estimate of drug-likeness (QED) is 0.360. The van der Waals surface area contributed by atoms with Gasteiger partial charge in [-0.3, -0.25) is 4.79 Å². The highest BCUT2D eigenvalue weighted by molar-refractivity contribution is 8.00. The van der Waals surface area contributed by atoms with Crippen LogP contribution >= 0.6 is 35.0 Å². The molecule has 0 spiro atoms. The highest BCUT2D eigenvalue weighted by atomic mass is 35.5. The average molecular weight is 466 g/mol. The summed E-state index contributed by atoms with van der Waals surface area (Å²) in [6.45, 7) is 3.04. The second kappa shape index (κ2) is 10.8. The normalized spacial score (nSPS) is 12.0. The van der Waals surface area contributed by atoms with Crippen LogP contribution < -0.4 is 5.32 Å². The van der Waals surface area contributed by atoms with Crippen LogP contribution in [0.3, 0.4) is 0 Å². The van der Waals surface area contributed by atoms with Crippen LogP contribution in [0.15, 0.2) is 47.8 Å². The smallest absolute Gasteiger partial charge is 0.238 e. The van der Waals surface area contributed by atoms with Gasteiger partial charge in [-0.25, -0.2) is 4.98 Å². The lowest BCUT2D eigenvalue weighted by atomic mass is 10.2. The van der Waals surface area contributed by atoms with E-state index < -0.39 is 5.25 Å². The van der Waals surface area contributed by atoms with Gasteiger partial charge >= 0.3 is 0 Å². The zero-order valence-corrected chi connectivity index (χ0v) is 18.8. The number of carbonyl (C=O) groups excluding carboxylic acids is 1. The van der Waals surface area contributed by atoms with Crippen LogP contribution in [-0.4, -0.2) is 44.6 Å². The Kier molecular flexibility index (Phi) is 8.09. The summed E-state index contributed by atoms with van der Waals surface area (Å²) in [5.74, 6) is 0.905. The molecule has 3 rings (SSSR count). The molecule has 158 valence electrons. The van der Waals surface area contributed by atoms with Gasteiger partial charge in [0.25, 0.3) is 0 Å². The van der Waals surface area contributed by atoms with Crippen molar-refractivity contribution >= 4 is 46.7 Å². The number of nitrogens with zero attached hydrogens (tertiary/aromatic N) is 4. The highest BCUT2D eigenvalue weighted by Crippen LogP contribution is 2.31. The number of aromatic nitrogens is 4. The van der Waals surface area contributed by atoms with Crippen LogP contribution in [0, 0.1) is 0 Å². The Morgan fingerprint density at radius 1 is 1.23 bits per heavy atom. The Balaban J connectivity index is 1.79. The number of carbonyl (C=O) groups is 1. The van der Waals surface area contributed by atoms with Gasteiger partial charge in [-0.05, 0) is 37.6 Å². The van der Waals surface area contributed by atoms with Crippen LogP contribution in [0.4, 0.5) is 5.82 Å². The van der Waals surface area contributed by atoms with Gasteiger partial charge in [-0.15, -0.1) is 10.2 Å². The molecular formula is C20H21Cl2N5O2S. The second-order valence-electron chi connectivity index (χ2n) is 6.40. The first-order valence-corrected chi connectivity index (χ1v) is 10.9. The maximum absolute atomic E-state index is 12.6. The standard InChI is InChI=1S/C20H21Cl2N5O2S/c1-13(19(28)24-17-9-8-14(21)12-23-17)30-20-26-25-18(27(20)10-5-11-29-2)15-6-3-4-7-16(15)22/h3-4,6-9,12-13H,5,10-11H2,1-2H3,(H,23,24,28). The second-order valence-corrected chi connectivity index (χ2v) is 8.55. The van der Waals surface area contributed by atoms with E-state index in [0.29, 0.717) is 40.0 Å². The Morgan fingerprint density at radius 3 is 2.73 bits per heavy atom. The number of methoxy groups -OCH3 is 1. The molecule has 2 aromatic heterocycles. The Hall–Kier alpha value is -2.13. The minimum Gasteiger partial charge on any atom is -0.385 e. The lowest BCUT2D eigenvalue weighted by molar-refractivity contribution is -0.115. The van der Waals surface area contributed by atoms with Crippen molar-refractivity contribution in [3.8, 4) is 11.4 Å². The van der Waals surface area contributed by atoms with E-state index in [1.165, 1.54) is 18.0 Å². The summed E-state index contributed by atoms with van der Waals surface area (Å²) in [4.78, 5) is 16.7. The summed E-state index contributed by atoms with van der Waals surface area (Å²) in [5, 5.41) is 12.7. The fourth-order valence-electron chi connectivity index (χ4n) is 2.68. The molecule has 0 bridgehead atoms. The summed E-state index contributed by atoms with van der Waals surface area (Å²) in [5.41, 5.74) is 0.790. The summed E-state index contributed by atoms with van der Waals surface area (Å²) in [6.07, 6.45) is 2.26. The van der Waals surface area contributed by atoms with E-state index >= 15 is 0 Å². The molecule has 0 radical (unpaired) electrons. The van der Waals surface area contributed by atoms with E-state index in [4.69, 9.17) is 27.9 Å². The van der Waals surface area contributed by atoms with Crippen LogP contribution in [0.1, 0.15) is 13.3 Å². The molecule has 10 heteroatoms. The fourth-order valence-corrected chi connectivity index (χ4v) is 3.88. The number of anilines is 1. The van der Waals surface area contributed by atoms with E-state index in [-0.39, 0.29) is 5.91 Å². The number of halogens is 2. The van der Waals surface area contributed by atoms with Crippen LogP contribution in [0.25, 0.3) is 11.4 Å². The van der Waals surface area contributed by atoms with Crippen molar-refractivity contribution < 1.29 is 9.53 Å². The van der Waals surface area contributed by atoms with Gasteiger partial charge in [0.15, 0.2) is 11.0 Å². The average Bonchev–Trinajstić information content (AvgIpc) is 3.12.